The second kappa shape index (κ2) is 3.61. The lowest BCUT2D eigenvalue weighted by Gasteiger charge is -2.12. The molecule has 0 aliphatic heterocycles. The molecule has 1 aromatic rings. The normalized spacial score (nSPS) is 19.0. The first-order chi connectivity index (χ1) is 7.08. The van der Waals surface area contributed by atoms with Crippen LogP contribution in [-0.2, 0) is 10.0 Å². The number of sulfonamides is 1. The number of nitrogens with zero attached hydrogens (tertiary/aromatic N) is 1. The molecule has 0 atom stereocenters. The van der Waals surface area contributed by atoms with Crippen LogP contribution in [0.3, 0.4) is 0 Å². The van der Waals surface area contributed by atoms with Gasteiger partial charge in [-0.2, -0.15) is 0 Å². The summed E-state index contributed by atoms with van der Waals surface area (Å²) in [4.78, 5) is 6.28. The second-order valence-corrected chi connectivity index (χ2v) is 5.83. The SMILES string of the molecule is CCC1(CNS(=O)(=O)c2cnc[nH]2)CC1. The van der Waals surface area contributed by atoms with Crippen LogP contribution in [0.1, 0.15) is 26.2 Å². The van der Waals surface area contributed by atoms with Crippen molar-refractivity contribution in [3.63, 3.8) is 0 Å². The molecule has 0 bridgehead atoms. The van der Waals surface area contributed by atoms with Crippen molar-refractivity contribution < 1.29 is 8.42 Å². The summed E-state index contributed by atoms with van der Waals surface area (Å²) < 4.78 is 26.0. The molecule has 1 aliphatic rings. The van der Waals surface area contributed by atoms with E-state index in [9.17, 15) is 8.42 Å². The van der Waals surface area contributed by atoms with E-state index in [1.807, 2.05) is 0 Å². The van der Waals surface area contributed by atoms with Crippen LogP contribution in [0.5, 0.6) is 0 Å². The second-order valence-electron chi connectivity index (χ2n) is 4.09. The Bertz CT molecular complexity index is 420. The van der Waals surface area contributed by atoms with Crippen LogP contribution in [0.25, 0.3) is 0 Å². The number of imidazole rings is 1. The number of nitrogens with one attached hydrogen (secondary N) is 2. The lowest BCUT2D eigenvalue weighted by molar-refractivity contribution is 0.475. The molecule has 1 saturated carbocycles. The van der Waals surface area contributed by atoms with Crippen molar-refractivity contribution in [2.45, 2.75) is 31.2 Å². The molecule has 84 valence electrons. The molecule has 0 radical (unpaired) electrons. The van der Waals surface area contributed by atoms with Crippen LogP contribution in [0.4, 0.5) is 0 Å². The van der Waals surface area contributed by atoms with Gasteiger partial charge in [-0.3, -0.25) is 0 Å². The van der Waals surface area contributed by atoms with E-state index in [1.165, 1.54) is 12.5 Å². The lowest BCUT2D eigenvalue weighted by atomic mass is 10.1. The molecule has 0 amide bonds. The Balaban J connectivity index is 2.00. The number of aromatic nitrogens is 2. The van der Waals surface area contributed by atoms with Gasteiger partial charge in [0.1, 0.15) is 0 Å². The Morgan fingerprint density at radius 1 is 1.60 bits per heavy atom. The third-order valence-corrected chi connectivity index (χ3v) is 4.43. The maximum Gasteiger partial charge on any atom is 0.257 e. The molecule has 6 heteroatoms. The van der Waals surface area contributed by atoms with Crippen LogP contribution in [0.2, 0.25) is 0 Å². The predicted octanol–water partition coefficient (Wildman–Crippen LogP) is 0.878. The van der Waals surface area contributed by atoms with Gasteiger partial charge in [-0.25, -0.2) is 18.1 Å². The first kappa shape index (κ1) is 10.6. The van der Waals surface area contributed by atoms with Gasteiger partial charge in [0.05, 0.1) is 12.5 Å². The zero-order chi connectivity index (χ0) is 10.9. The molecule has 5 nitrogen and oxygen atoms in total. The molecule has 1 aromatic heterocycles. The summed E-state index contributed by atoms with van der Waals surface area (Å²) in [6.07, 6.45) is 5.94. The Kier molecular flexibility index (Phi) is 2.56. The van der Waals surface area contributed by atoms with E-state index in [-0.39, 0.29) is 10.4 Å². The maximum absolute atomic E-state index is 11.7. The topological polar surface area (TPSA) is 74.8 Å². The van der Waals surface area contributed by atoms with Crippen molar-refractivity contribution in [3.8, 4) is 0 Å². The van der Waals surface area contributed by atoms with Gasteiger partial charge in [0, 0.05) is 6.54 Å². The largest absolute Gasteiger partial charge is 0.335 e. The van der Waals surface area contributed by atoms with Gasteiger partial charge in [0.25, 0.3) is 10.0 Å². The minimum absolute atomic E-state index is 0.134. The van der Waals surface area contributed by atoms with Crippen LogP contribution in [0, 0.1) is 5.41 Å². The fourth-order valence-electron chi connectivity index (χ4n) is 1.55. The van der Waals surface area contributed by atoms with Gasteiger partial charge in [-0.15, -0.1) is 0 Å². The van der Waals surface area contributed by atoms with Crippen molar-refractivity contribution >= 4 is 10.0 Å². The zero-order valence-corrected chi connectivity index (χ0v) is 9.47. The fraction of sp³-hybridized carbons (Fsp3) is 0.667. The highest BCUT2D eigenvalue weighted by atomic mass is 32.2. The molecule has 15 heavy (non-hydrogen) atoms. The highest BCUT2D eigenvalue weighted by molar-refractivity contribution is 7.89. The average molecular weight is 229 g/mol. The van der Waals surface area contributed by atoms with Gasteiger partial charge in [-0.1, -0.05) is 6.92 Å². The molecular formula is C9H15N3O2S. The van der Waals surface area contributed by atoms with E-state index in [0.29, 0.717) is 6.54 Å². The fourth-order valence-corrected chi connectivity index (χ4v) is 2.61. The van der Waals surface area contributed by atoms with E-state index in [2.05, 4.69) is 21.6 Å². The third-order valence-electron chi connectivity index (χ3n) is 3.11. The third kappa shape index (κ3) is 2.21. The van der Waals surface area contributed by atoms with Gasteiger partial charge in [-0.05, 0) is 24.7 Å². The number of H-pyrrole nitrogens is 1. The summed E-state index contributed by atoms with van der Waals surface area (Å²) in [5.41, 5.74) is 0.215. The van der Waals surface area contributed by atoms with E-state index in [4.69, 9.17) is 0 Å². The molecule has 0 unspecified atom stereocenters. The summed E-state index contributed by atoms with van der Waals surface area (Å²) in [5.74, 6) is 0. The van der Waals surface area contributed by atoms with Gasteiger partial charge in [0.15, 0.2) is 5.03 Å². The van der Waals surface area contributed by atoms with Crippen LogP contribution in [-0.4, -0.2) is 24.9 Å². The molecule has 2 rings (SSSR count). The highest BCUT2D eigenvalue weighted by Crippen LogP contribution is 2.48. The summed E-state index contributed by atoms with van der Waals surface area (Å²) in [6.45, 7) is 2.63. The number of hydrogen-bond donors (Lipinski definition) is 2. The maximum atomic E-state index is 11.7. The molecule has 0 aromatic carbocycles. The summed E-state index contributed by atoms with van der Waals surface area (Å²) in [7, 11) is -3.39. The Morgan fingerprint density at radius 2 is 2.33 bits per heavy atom. The van der Waals surface area contributed by atoms with Gasteiger partial charge >= 0.3 is 0 Å². The lowest BCUT2D eigenvalue weighted by Crippen LogP contribution is -2.30. The van der Waals surface area contributed by atoms with Crippen molar-refractivity contribution in [1.82, 2.24) is 14.7 Å². The van der Waals surface area contributed by atoms with Crippen molar-refractivity contribution in [3.05, 3.63) is 12.5 Å². The first-order valence-electron chi connectivity index (χ1n) is 5.06. The van der Waals surface area contributed by atoms with Crippen LogP contribution in [0.15, 0.2) is 17.6 Å². The minimum atomic E-state index is -3.39. The average Bonchev–Trinajstić information content (AvgIpc) is 2.77. The summed E-state index contributed by atoms with van der Waals surface area (Å²) in [5, 5.41) is 0.134. The predicted molar refractivity (Wildman–Crippen MR) is 55.7 cm³/mol. The molecule has 1 fully saturated rings. The van der Waals surface area contributed by atoms with Crippen LogP contribution < -0.4 is 4.72 Å². The van der Waals surface area contributed by atoms with E-state index in [0.717, 1.165) is 19.3 Å². The van der Waals surface area contributed by atoms with Crippen molar-refractivity contribution in [2.24, 2.45) is 5.41 Å². The number of aromatic amines is 1. The molecule has 2 N–H and O–H groups in total. The highest BCUT2D eigenvalue weighted by Gasteiger charge is 2.41. The quantitative estimate of drug-likeness (QED) is 0.787. The van der Waals surface area contributed by atoms with E-state index >= 15 is 0 Å². The Hall–Kier alpha value is -0.880. The molecular weight excluding hydrogens is 214 g/mol. The smallest absolute Gasteiger partial charge is 0.257 e. The monoisotopic (exact) mass is 229 g/mol. The first-order valence-corrected chi connectivity index (χ1v) is 6.54. The minimum Gasteiger partial charge on any atom is -0.335 e. The molecule has 0 saturated heterocycles. The number of hydrogen-bond acceptors (Lipinski definition) is 3. The van der Waals surface area contributed by atoms with Crippen molar-refractivity contribution in [1.29, 1.82) is 0 Å². The number of rotatable bonds is 5. The molecule has 1 heterocycles. The Morgan fingerprint density at radius 3 is 2.80 bits per heavy atom. The van der Waals surface area contributed by atoms with E-state index in [1.54, 1.807) is 0 Å². The summed E-state index contributed by atoms with van der Waals surface area (Å²) >= 11 is 0. The van der Waals surface area contributed by atoms with Gasteiger partial charge in [0.2, 0.25) is 0 Å². The molecule has 0 spiro atoms. The standard InChI is InChI=1S/C9H15N3O2S/c1-2-9(3-4-9)6-12-15(13,14)8-5-10-7-11-8/h5,7,12H,2-4,6H2,1H3,(H,10,11). The molecule has 1 aliphatic carbocycles. The van der Waals surface area contributed by atoms with Gasteiger partial charge < -0.3 is 4.98 Å². The summed E-state index contributed by atoms with van der Waals surface area (Å²) in [6, 6.07) is 0. The Labute approximate surface area is 89.4 Å². The van der Waals surface area contributed by atoms with E-state index < -0.39 is 10.0 Å². The zero-order valence-electron chi connectivity index (χ0n) is 8.66. The van der Waals surface area contributed by atoms with Crippen molar-refractivity contribution in [2.75, 3.05) is 6.54 Å². The van der Waals surface area contributed by atoms with Crippen LogP contribution >= 0.6 is 0 Å².